The minimum atomic E-state index is -6.54. The van der Waals surface area contributed by atoms with E-state index in [1.165, 1.54) is 6.92 Å². The molecule has 0 aromatic rings. The molecule has 134 valence electrons. The topological polar surface area (TPSA) is 92.7 Å². The van der Waals surface area contributed by atoms with Crippen LogP contribution in [0.15, 0.2) is 12.2 Å². The molecule has 1 saturated heterocycles. The van der Waals surface area contributed by atoms with Crippen molar-refractivity contribution in [1.82, 2.24) is 0 Å². The Morgan fingerprint density at radius 3 is 2.39 bits per heavy atom. The van der Waals surface area contributed by atoms with E-state index < -0.39 is 46.1 Å². The molecule has 0 saturated carbocycles. The molecule has 0 spiro atoms. The fourth-order valence-electron chi connectivity index (χ4n) is 1.91. The number of carbonyl (C=O) groups is 1. The Hall–Kier alpha value is -1.20. The van der Waals surface area contributed by atoms with Crippen molar-refractivity contribution in [2.45, 2.75) is 56.2 Å². The number of hydrogen-bond acceptors (Lipinski definition) is 6. The van der Waals surface area contributed by atoms with Crippen LogP contribution in [0, 0.1) is 0 Å². The fourth-order valence-corrected chi connectivity index (χ4v) is 2.36. The highest BCUT2D eigenvalue weighted by Gasteiger charge is 2.62. The highest BCUT2D eigenvalue weighted by atomic mass is 32.2. The van der Waals surface area contributed by atoms with Crippen LogP contribution in [0.4, 0.5) is 17.6 Å². The zero-order valence-corrected chi connectivity index (χ0v) is 12.9. The lowest BCUT2D eigenvalue weighted by molar-refractivity contribution is -0.226. The first kappa shape index (κ1) is 19.8. The molecule has 6 nitrogen and oxygen atoms in total. The molecule has 2 atom stereocenters. The number of hydrogen-bond donors (Lipinski definition) is 0. The van der Waals surface area contributed by atoms with E-state index in [0.717, 1.165) is 0 Å². The summed E-state index contributed by atoms with van der Waals surface area (Å²) in [4.78, 5) is 11.3. The van der Waals surface area contributed by atoms with E-state index in [0.29, 0.717) is 0 Å². The average molecular weight is 363 g/mol. The SMILES string of the molecule is C=C(C)C(=O)OC1CCCC(CC(F)(F)C(F)(F)S(=O)(=O)[O-])O1. The normalized spacial score (nSPS) is 23.4. The lowest BCUT2D eigenvalue weighted by atomic mass is 10.0. The van der Waals surface area contributed by atoms with Crippen LogP contribution in [0.5, 0.6) is 0 Å². The largest absolute Gasteiger partial charge is 0.743 e. The Balaban J connectivity index is 2.77. The Bertz CT molecular complexity index is 574. The molecule has 0 N–H and O–H groups in total. The Morgan fingerprint density at radius 2 is 1.91 bits per heavy atom. The zero-order chi connectivity index (χ0) is 18.1. The molecular formula is C12H15F4O6S-. The first-order valence-corrected chi connectivity index (χ1v) is 7.92. The summed E-state index contributed by atoms with van der Waals surface area (Å²) in [5, 5.41) is -5.76. The number of alkyl halides is 4. The van der Waals surface area contributed by atoms with Crippen LogP contribution in [-0.4, -0.2) is 42.5 Å². The Labute approximate surface area is 130 Å². The third-order valence-electron chi connectivity index (χ3n) is 3.12. The van der Waals surface area contributed by atoms with Crippen molar-refractivity contribution in [2.75, 3.05) is 0 Å². The highest BCUT2D eigenvalue weighted by Crippen LogP contribution is 2.43. The van der Waals surface area contributed by atoms with Gasteiger partial charge in [-0.15, -0.1) is 0 Å². The fraction of sp³-hybridized carbons (Fsp3) is 0.750. The summed E-state index contributed by atoms with van der Waals surface area (Å²) < 4.78 is 93.8. The van der Waals surface area contributed by atoms with Gasteiger partial charge in [-0.1, -0.05) is 6.58 Å². The molecule has 1 fully saturated rings. The number of rotatable bonds is 6. The summed E-state index contributed by atoms with van der Waals surface area (Å²) in [5.74, 6) is -5.95. The van der Waals surface area contributed by atoms with Crippen molar-refractivity contribution in [3.63, 3.8) is 0 Å². The van der Waals surface area contributed by atoms with Crippen LogP contribution in [-0.2, 0) is 24.4 Å². The minimum absolute atomic E-state index is 0.0324. The van der Waals surface area contributed by atoms with Gasteiger partial charge in [0.15, 0.2) is 10.1 Å². The standard InChI is InChI=1S/C12H16F4O6S/c1-7(2)10(17)22-9-5-3-4-8(21-9)6-11(13,14)12(15,16)23(18,19)20/h8-9H,1,3-6H2,2H3,(H,18,19,20)/p-1. The van der Waals surface area contributed by atoms with Gasteiger partial charge >= 0.3 is 17.1 Å². The molecule has 11 heteroatoms. The minimum Gasteiger partial charge on any atom is -0.743 e. The third kappa shape index (κ3) is 4.64. The molecular weight excluding hydrogens is 348 g/mol. The second-order valence-electron chi connectivity index (χ2n) is 5.18. The Kier molecular flexibility index (Phi) is 5.81. The van der Waals surface area contributed by atoms with Gasteiger partial charge in [0.2, 0.25) is 6.29 Å². The maximum atomic E-state index is 13.5. The Morgan fingerprint density at radius 1 is 1.35 bits per heavy atom. The van der Waals surface area contributed by atoms with E-state index in [-0.39, 0.29) is 24.8 Å². The van der Waals surface area contributed by atoms with Crippen molar-refractivity contribution in [2.24, 2.45) is 0 Å². The van der Waals surface area contributed by atoms with Gasteiger partial charge in [-0.25, -0.2) is 13.2 Å². The first-order valence-electron chi connectivity index (χ1n) is 6.51. The van der Waals surface area contributed by atoms with E-state index in [1.54, 1.807) is 0 Å². The van der Waals surface area contributed by atoms with E-state index in [4.69, 9.17) is 9.47 Å². The number of halogens is 4. The zero-order valence-electron chi connectivity index (χ0n) is 12.1. The first-order chi connectivity index (χ1) is 10.3. The average Bonchev–Trinajstić information content (AvgIpc) is 2.36. The van der Waals surface area contributed by atoms with Crippen LogP contribution >= 0.6 is 0 Å². The number of carbonyl (C=O) groups excluding carboxylic acids is 1. The van der Waals surface area contributed by atoms with Crippen LogP contribution in [0.2, 0.25) is 0 Å². The molecule has 1 rings (SSSR count). The van der Waals surface area contributed by atoms with Gasteiger partial charge in [0, 0.05) is 18.4 Å². The van der Waals surface area contributed by atoms with Crippen molar-refractivity contribution in [3.8, 4) is 0 Å². The molecule has 23 heavy (non-hydrogen) atoms. The predicted octanol–water partition coefficient (Wildman–Crippen LogP) is 2.16. The molecule has 1 heterocycles. The number of ether oxygens (including phenoxy) is 2. The maximum Gasteiger partial charge on any atom is 0.396 e. The lowest BCUT2D eigenvalue weighted by Crippen LogP contribution is -2.49. The van der Waals surface area contributed by atoms with Gasteiger partial charge in [-0.2, -0.15) is 17.6 Å². The van der Waals surface area contributed by atoms with E-state index >= 15 is 0 Å². The van der Waals surface area contributed by atoms with E-state index in [2.05, 4.69) is 6.58 Å². The molecule has 0 bridgehead atoms. The van der Waals surface area contributed by atoms with Gasteiger partial charge in [0.05, 0.1) is 6.10 Å². The third-order valence-corrected chi connectivity index (χ3v) is 4.05. The summed E-state index contributed by atoms with van der Waals surface area (Å²) in [6, 6.07) is 0. The summed E-state index contributed by atoms with van der Waals surface area (Å²) in [6.07, 6.45) is -4.10. The van der Waals surface area contributed by atoms with Crippen molar-refractivity contribution < 1.29 is 44.8 Å². The van der Waals surface area contributed by atoms with E-state index in [1.807, 2.05) is 0 Å². The molecule has 0 amide bonds. The van der Waals surface area contributed by atoms with Gasteiger partial charge in [0.25, 0.3) is 0 Å². The molecule has 2 unspecified atom stereocenters. The predicted molar refractivity (Wildman–Crippen MR) is 67.6 cm³/mol. The van der Waals surface area contributed by atoms with Crippen molar-refractivity contribution >= 4 is 16.1 Å². The second kappa shape index (κ2) is 6.73. The summed E-state index contributed by atoms with van der Waals surface area (Å²) >= 11 is 0. The highest BCUT2D eigenvalue weighted by molar-refractivity contribution is 7.86. The van der Waals surface area contributed by atoms with Crippen LogP contribution in [0.25, 0.3) is 0 Å². The monoisotopic (exact) mass is 363 g/mol. The van der Waals surface area contributed by atoms with Crippen molar-refractivity contribution in [3.05, 3.63) is 12.2 Å². The molecule has 0 aliphatic carbocycles. The molecule has 0 radical (unpaired) electrons. The van der Waals surface area contributed by atoms with Crippen LogP contribution in [0.1, 0.15) is 32.6 Å². The van der Waals surface area contributed by atoms with Gasteiger partial charge in [-0.3, -0.25) is 0 Å². The van der Waals surface area contributed by atoms with Crippen LogP contribution < -0.4 is 0 Å². The summed E-state index contributed by atoms with van der Waals surface area (Å²) in [6.45, 7) is 4.65. The lowest BCUT2D eigenvalue weighted by Gasteiger charge is -2.34. The second-order valence-corrected chi connectivity index (χ2v) is 6.60. The van der Waals surface area contributed by atoms with Gasteiger partial charge in [-0.05, 0) is 19.8 Å². The number of esters is 1. The molecule has 1 aliphatic heterocycles. The summed E-state index contributed by atoms with van der Waals surface area (Å²) in [7, 11) is -6.54. The molecule has 0 aromatic heterocycles. The summed E-state index contributed by atoms with van der Waals surface area (Å²) in [5.41, 5.74) is 0.0324. The van der Waals surface area contributed by atoms with Crippen molar-refractivity contribution in [1.29, 1.82) is 0 Å². The maximum absolute atomic E-state index is 13.5. The van der Waals surface area contributed by atoms with E-state index in [9.17, 15) is 35.3 Å². The molecule has 1 aliphatic rings. The van der Waals surface area contributed by atoms with Crippen LogP contribution in [0.3, 0.4) is 0 Å². The van der Waals surface area contributed by atoms with Gasteiger partial charge in [0.1, 0.15) is 0 Å². The molecule has 0 aromatic carbocycles. The smallest absolute Gasteiger partial charge is 0.396 e. The van der Waals surface area contributed by atoms with Gasteiger partial charge < -0.3 is 14.0 Å². The quantitative estimate of drug-likeness (QED) is 0.311.